The molecule has 0 aromatic carbocycles. The summed E-state index contributed by atoms with van der Waals surface area (Å²) in [5.74, 6) is -38.3. The fourth-order valence-corrected chi connectivity index (χ4v) is 5.00. The van der Waals surface area contributed by atoms with E-state index < -0.39 is 97.0 Å². The highest BCUT2D eigenvalue weighted by Gasteiger charge is 2.90. The smallest absolute Gasteiger partial charge is 0.449 e. The number of carbonyl (C=O) groups excluding carboxylic acids is 2. The number of carbonyl (C=O) groups is 2. The van der Waals surface area contributed by atoms with Crippen LogP contribution in [0.5, 0.6) is 0 Å². The van der Waals surface area contributed by atoms with E-state index in [-0.39, 0.29) is 19.6 Å². The van der Waals surface area contributed by atoms with E-state index in [1.807, 2.05) is 0 Å². The van der Waals surface area contributed by atoms with Crippen LogP contribution in [-0.4, -0.2) is 97.2 Å². The standard InChI is InChI=1S/C24H33F13N2O6/c1-17(2)6-14(39-16(43)45-10-13(8-40)9-41)7-18(3,11-17)12-38-15(42)44-5-4-19(25,26)20(27,28)21(29,30)22(31,32)23(33,34)24(35,36)37/h13-14,40-41H,4-12H2,1-3H3,(H,38,42)(H,39,43). The number of hydrogen-bond donors (Lipinski definition) is 4. The molecule has 2 unspecified atom stereocenters. The average molecular weight is 693 g/mol. The lowest BCUT2D eigenvalue weighted by atomic mass is 9.62. The maximum Gasteiger partial charge on any atom is 0.460 e. The van der Waals surface area contributed by atoms with Crippen LogP contribution in [0.1, 0.15) is 46.5 Å². The number of aliphatic hydroxyl groups excluding tert-OH is 2. The maximum absolute atomic E-state index is 13.9. The molecule has 0 aromatic rings. The van der Waals surface area contributed by atoms with Crippen molar-refractivity contribution in [2.45, 2.75) is 88.3 Å². The van der Waals surface area contributed by atoms with Crippen molar-refractivity contribution in [3.8, 4) is 0 Å². The highest BCUT2D eigenvalue weighted by atomic mass is 19.4. The summed E-state index contributed by atoms with van der Waals surface area (Å²) in [6, 6.07) is -0.559. The van der Waals surface area contributed by atoms with E-state index in [1.165, 1.54) is 0 Å². The highest BCUT2D eigenvalue weighted by Crippen LogP contribution is 2.60. The van der Waals surface area contributed by atoms with Gasteiger partial charge in [0.1, 0.15) is 6.61 Å². The maximum atomic E-state index is 13.9. The molecule has 2 amide bonds. The first-order chi connectivity index (χ1) is 20.0. The summed E-state index contributed by atoms with van der Waals surface area (Å²) in [7, 11) is 0. The van der Waals surface area contributed by atoms with Crippen LogP contribution in [0.2, 0.25) is 0 Å². The molecule has 45 heavy (non-hydrogen) atoms. The number of halogens is 13. The van der Waals surface area contributed by atoms with E-state index in [2.05, 4.69) is 15.4 Å². The summed E-state index contributed by atoms with van der Waals surface area (Å²) in [5, 5.41) is 22.7. The number of hydrogen-bond acceptors (Lipinski definition) is 6. The van der Waals surface area contributed by atoms with E-state index in [0.29, 0.717) is 12.8 Å². The van der Waals surface area contributed by atoms with Crippen molar-refractivity contribution in [1.29, 1.82) is 0 Å². The molecule has 0 spiro atoms. The number of alkyl carbamates (subject to hydrolysis) is 2. The van der Waals surface area contributed by atoms with Crippen molar-refractivity contribution < 1.29 is 86.4 Å². The van der Waals surface area contributed by atoms with Crippen LogP contribution < -0.4 is 10.6 Å². The Kier molecular flexibility index (Phi) is 12.4. The predicted molar refractivity (Wildman–Crippen MR) is 126 cm³/mol. The molecule has 1 rings (SSSR count). The monoisotopic (exact) mass is 692 g/mol. The van der Waals surface area contributed by atoms with Crippen LogP contribution in [0.15, 0.2) is 0 Å². The Morgan fingerprint density at radius 3 is 1.78 bits per heavy atom. The van der Waals surface area contributed by atoms with Crippen molar-refractivity contribution in [3.63, 3.8) is 0 Å². The molecule has 1 aliphatic rings. The van der Waals surface area contributed by atoms with Crippen LogP contribution in [0, 0.1) is 16.7 Å². The zero-order valence-corrected chi connectivity index (χ0v) is 24.0. The molecule has 2 atom stereocenters. The zero-order chi connectivity index (χ0) is 35.5. The highest BCUT2D eigenvalue weighted by molar-refractivity contribution is 5.68. The molecular formula is C24H33F13N2O6. The van der Waals surface area contributed by atoms with Gasteiger partial charge in [-0.3, -0.25) is 0 Å². The second-order valence-electron chi connectivity index (χ2n) is 12.0. The Bertz CT molecular complexity index is 1020. The van der Waals surface area contributed by atoms with Gasteiger partial charge in [0.05, 0.1) is 26.2 Å². The number of rotatable bonds is 14. The number of alkyl halides is 13. The van der Waals surface area contributed by atoms with Gasteiger partial charge in [-0.05, 0) is 30.1 Å². The molecule has 0 aromatic heterocycles. The van der Waals surface area contributed by atoms with Crippen molar-refractivity contribution in [2.24, 2.45) is 16.7 Å². The molecule has 0 aliphatic heterocycles. The Morgan fingerprint density at radius 1 is 0.778 bits per heavy atom. The molecule has 4 N–H and O–H groups in total. The summed E-state index contributed by atoms with van der Waals surface area (Å²) in [6.45, 7) is 1.81. The van der Waals surface area contributed by atoms with Crippen molar-refractivity contribution in [1.82, 2.24) is 10.6 Å². The Labute approximate surface area is 248 Å². The fourth-order valence-electron chi connectivity index (χ4n) is 5.00. The molecule has 1 saturated carbocycles. The van der Waals surface area contributed by atoms with E-state index >= 15 is 0 Å². The molecule has 21 heteroatoms. The first-order valence-electron chi connectivity index (χ1n) is 13.0. The quantitative estimate of drug-likeness (QED) is 0.172. The molecule has 0 bridgehead atoms. The zero-order valence-electron chi connectivity index (χ0n) is 24.0. The van der Waals surface area contributed by atoms with Crippen molar-refractivity contribution in [3.05, 3.63) is 0 Å². The van der Waals surface area contributed by atoms with Crippen molar-refractivity contribution >= 4 is 12.2 Å². The van der Waals surface area contributed by atoms with Crippen LogP contribution in [-0.2, 0) is 9.47 Å². The van der Waals surface area contributed by atoms with Crippen LogP contribution in [0.3, 0.4) is 0 Å². The molecule has 1 aliphatic carbocycles. The van der Waals surface area contributed by atoms with Crippen LogP contribution in [0.4, 0.5) is 66.7 Å². The lowest BCUT2D eigenvalue weighted by Gasteiger charge is -2.46. The van der Waals surface area contributed by atoms with Gasteiger partial charge in [-0.1, -0.05) is 20.8 Å². The fraction of sp³-hybridized carbons (Fsp3) is 0.917. The van der Waals surface area contributed by atoms with Crippen LogP contribution >= 0.6 is 0 Å². The number of amides is 2. The topological polar surface area (TPSA) is 117 Å². The van der Waals surface area contributed by atoms with Gasteiger partial charge < -0.3 is 30.3 Å². The Balaban J connectivity index is 2.83. The van der Waals surface area contributed by atoms with E-state index in [9.17, 15) is 66.7 Å². The average Bonchev–Trinajstić information content (AvgIpc) is 2.85. The van der Waals surface area contributed by atoms with Gasteiger partial charge in [-0.25, -0.2) is 9.59 Å². The first kappa shape index (κ1) is 40.6. The SMILES string of the molecule is CC1(C)CC(NC(=O)OCC(CO)CO)CC(C)(CNC(=O)OCCC(F)(F)C(F)(F)C(F)(F)C(F)(F)C(F)(F)C(F)(F)F)C1. The van der Waals surface area contributed by atoms with Crippen LogP contribution in [0.25, 0.3) is 0 Å². The van der Waals surface area contributed by atoms with Gasteiger partial charge in [-0.15, -0.1) is 0 Å². The van der Waals surface area contributed by atoms with E-state index in [4.69, 9.17) is 14.9 Å². The third-order valence-corrected chi connectivity index (χ3v) is 7.04. The van der Waals surface area contributed by atoms with Gasteiger partial charge in [0.25, 0.3) is 0 Å². The second-order valence-corrected chi connectivity index (χ2v) is 12.0. The molecule has 0 saturated heterocycles. The summed E-state index contributed by atoms with van der Waals surface area (Å²) < 4.78 is 181. The second kappa shape index (κ2) is 13.7. The summed E-state index contributed by atoms with van der Waals surface area (Å²) in [5.41, 5.74) is -1.34. The lowest BCUT2D eigenvalue weighted by molar-refractivity contribution is -0.440. The molecule has 266 valence electrons. The number of nitrogens with one attached hydrogen (secondary N) is 2. The summed E-state index contributed by atoms with van der Waals surface area (Å²) >= 11 is 0. The molecular weight excluding hydrogens is 659 g/mol. The molecule has 8 nitrogen and oxygen atoms in total. The minimum Gasteiger partial charge on any atom is -0.449 e. The van der Waals surface area contributed by atoms with Gasteiger partial charge >= 0.3 is 48.0 Å². The molecule has 1 fully saturated rings. The number of ether oxygens (including phenoxy) is 2. The predicted octanol–water partition coefficient (Wildman–Crippen LogP) is 5.75. The summed E-state index contributed by atoms with van der Waals surface area (Å²) in [4.78, 5) is 24.1. The minimum absolute atomic E-state index is 0.172. The minimum atomic E-state index is -8.02. The van der Waals surface area contributed by atoms with Gasteiger partial charge in [0.2, 0.25) is 0 Å². The summed E-state index contributed by atoms with van der Waals surface area (Å²) in [6.07, 6.45) is -11.7. The first-order valence-corrected chi connectivity index (χ1v) is 13.0. The van der Waals surface area contributed by atoms with E-state index in [0.717, 1.165) is 0 Å². The van der Waals surface area contributed by atoms with Crippen molar-refractivity contribution in [2.75, 3.05) is 33.0 Å². The molecule has 0 heterocycles. The Morgan fingerprint density at radius 2 is 1.29 bits per heavy atom. The lowest BCUT2D eigenvalue weighted by Crippen LogP contribution is -2.70. The Hall–Kier alpha value is -2.45. The number of aliphatic hydroxyl groups is 2. The van der Waals surface area contributed by atoms with E-state index in [1.54, 1.807) is 20.8 Å². The largest absolute Gasteiger partial charge is 0.460 e. The van der Waals surface area contributed by atoms with Gasteiger partial charge in [-0.2, -0.15) is 57.1 Å². The third kappa shape index (κ3) is 9.09. The normalized spacial score (nSPS) is 21.8. The third-order valence-electron chi connectivity index (χ3n) is 7.04. The van der Waals surface area contributed by atoms with Gasteiger partial charge in [0.15, 0.2) is 0 Å². The molecule has 0 radical (unpaired) electrons. The van der Waals surface area contributed by atoms with Gasteiger partial charge in [0, 0.05) is 18.5 Å².